The zero-order valence-corrected chi connectivity index (χ0v) is 13.3. The van der Waals surface area contributed by atoms with Gasteiger partial charge in [0.25, 0.3) is 11.6 Å². The molecule has 0 aromatic heterocycles. The topological polar surface area (TPSA) is 118 Å². The summed E-state index contributed by atoms with van der Waals surface area (Å²) in [4.78, 5) is 22.1. The second-order valence-corrected chi connectivity index (χ2v) is 6.54. The molecule has 0 heterocycles. The Morgan fingerprint density at radius 2 is 1.75 bits per heavy atom. The van der Waals surface area contributed by atoms with E-state index in [0.29, 0.717) is 0 Å². The van der Waals surface area contributed by atoms with Crippen LogP contribution in [-0.4, -0.2) is 32.3 Å². The molecule has 126 valence electrons. The molecule has 2 aromatic rings. The fraction of sp³-hybridized carbons (Fsp3) is 0.133. The molecule has 2 aromatic carbocycles. The zero-order chi connectivity index (χ0) is 17.6. The molecule has 0 bridgehead atoms. The summed E-state index contributed by atoms with van der Waals surface area (Å²) in [6, 6.07) is 13.1. The van der Waals surface area contributed by atoms with E-state index in [1.165, 1.54) is 30.3 Å². The summed E-state index contributed by atoms with van der Waals surface area (Å²) in [6.07, 6.45) is 0. The molecule has 8 nitrogen and oxygen atoms in total. The normalized spacial score (nSPS) is 11.0. The Morgan fingerprint density at radius 1 is 1.04 bits per heavy atom. The lowest BCUT2D eigenvalue weighted by atomic mass is 10.2. The Kier molecular flexibility index (Phi) is 5.61. The minimum atomic E-state index is -3.63. The third kappa shape index (κ3) is 4.61. The van der Waals surface area contributed by atoms with E-state index >= 15 is 0 Å². The molecule has 0 fully saturated rings. The Morgan fingerprint density at radius 3 is 2.42 bits per heavy atom. The van der Waals surface area contributed by atoms with Crippen molar-refractivity contribution in [2.75, 3.05) is 13.1 Å². The van der Waals surface area contributed by atoms with Crippen molar-refractivity contribution in [3.05, 3.63) is 70.3 Å². The number of carbonyl (C=O) groups excluding carboxylic acids is 1. The van der Waals surface area contributed by atoms with Gasteiger partial charge in [-0.05, 0) is 18.2 Å². The van der Waals surface area contributed by atoms with E-state index in [1.54, 1.807) is 18.2 Å². The van der Waals surface area contributed by atoms with E-state index in [0.717, 1.165) is 6.07 Å². The molecular formula is C15H15N3O5S. The van der Waals surface area contributed by atoms with E-state index in [1.807, 2.05) is 0 Å². The first kappa shape index (κ1) is 17.6. The highest BCUT2D eigenvalue weighted by atomic mass is 32.2. The van der Waals surface area contributed by atoms with Crippen LogP contribution in [0.15, 0.2) is 59.5 Å². The van der Waals surface area contributed by atoms with Crippen molar-refractivity contribution in [1.82, 2.24) is 10.0 Å². The molecule has 0 aliphatic heterocycles. The third-order valence-electron chi connectivity index (χ3n) is 3.08. The number of nitro groups is 1. The lowest BCUT2D eigenvalue weighted by Gasteiger charge is -2.08. The molecule has 0 unspecified atom stereocenters. The van der Waals surface area contributed by atoms with Crippen molar-refractivity contribution < 1.29 is 18.1 Å². The number of hydrogen-bond donors (Lipinski definition) is 2. The summed E-state index contributed by atoms with van der Waals surface area (Å²) >= 11 is 0. The average molecular weight is 349 g/mol. The molecule has 0 saturated heterocycles. The summed E-state index contributed by atoms with van der Waals surface area (Å²) in [5.41, 5.74) is -0.0532. The van der Waals surface area contributed by atoms with Crippen molar-refractivity contribution in [2.45, 2.75) is 4.90 Å². The number of sulfonamides is 1. The highest BCUT2D eigenvalue weighted by Crippen LogP contribution is 2.12. The van der Waals surface area contributed by atoms with Crippen molar-refractivity contribution in [1.29, 1.82) is 0 Å². The Labute approximate surface area is 138 Å². The van der Waals surface area contributed by atoms with Gasteiger partial charge in [-0.25, -0.2) is 13.1 Å². The minimum absolute atomic E-state index is 0.00209. The predicted molar refractivity (Wildman–Crippen MR) is 87.1 cm³/mol. The number of benzene rings is 2. The van der Waals surface area contributed by atoms with Crippen LogP contribution in [0.1, 0.15) is 10.4 Å². The smallest absolute Gasteiger partial charge is 0.270 e. The van der Waals surface area contributed by atoms with E-state index in [2.05, 4.69) is 10.0 Å². The number of rotatable bonds is 7. The van der Waals surface area contributed by atoms with E-state index < -0.39 is 20.9 Å². The van der Waals surface area contributed by atoms with E-state index in [9.17, 15) is 23.3 Å². The van der Waals surface area contributed by atoms with Gasteiger partial charge in [0, 0.05) is 30.8 Å². The van der Waals surface area contributed by atoms with Crippen LogP contribution in [0.5, 0.6) is 0 Å². The first-order valence-corrected chi connectivity index (χ1v) is 8.46. The monoisotopic (exact) mass is 349 g/mol. The van der Waals surface area contributed by atoms with Gasteiger partial charge in [-0.3, -0.25) is 14.9 Å². The quantitative estimate of drug-likeness (QED) is 0.444. The second kappa shape index (κ2) is 7.66. The van der Waals surface area contributed by atoms with Crippen LogP contribution in [0.25, 0.3) is 0 Å². The van der Waals surface area contributed by atoms with Crippen LogP contribution in [-0.2, 0) is 10.0 Å². The van der Waals surface area contributed by atoms with Gasteiger partial charge in [-0.2, -0.15) is 0 Å². The van der Waals surface area contributed by atoms with Crippen LogP contribution in [0.3, 0.4) is 0 Å². The maximum absolute atomic E-state index is 12.0. The average Bonchev–Trinajstić information content (AvgIpc) is 2.59. The minimum Gasteiger partial charge on any atom is -0.351 e. The van der Waals surface area contributed by atoms with Crippen molar-refractivity contribution in [2.24, 2.45) is 0 Å². The standard InChI is InChI=1S/C15H15N3O5S/c19-15(12-5-4-6-13(11-12)18(20)21)16-9-10-17-24(22,23)14-7-2-1-3-8-14/h1-8,11,17H,9-10H2,(H,16,19). The fourth-order valence-electron chi connectivity index (χ4n) is 1.91. The van der Waals surface area contributed by atoms with Crippen LogP contribution >= 0.6 is 0 Å². The predicted octanol–water partition coefficient (Wildman–Crippen LogP) is 1.30. The van der Waals surface area contributed by atoms with Gasteiger partial charge >= 0.3 is 0 Å². The molecule has 0 spiro atoms. The number of nitrogens with one attached hydrogen (secondary N) is 2. The molecule has 0 aliphatic rings. The molecular weight excluding hydrogens is 334 g/mol. The lowest BCUT2D eigenvalue weighted by Crippen LogP contribution is -2.34. The fourth-order valence-corrected chi connectivity index (χ4v) is 2.96. The van der Waals surface area contributed by atoms with Gasteiger partial charge in [0.15, 0.2) is 0 Å². The summed E-state index contributed by atoms with van der Waals surface area (Å²) in [5.74, 6) is -0.516. The number of non-ortho nitro benzene ring substituents is 1. The lowest BCUT2D eigenvalue weighted by molar-refractivity contribution is -0.384. The molecule has 0 saturated carbocycles. The summed E-state index contributed by atoms with van der Waals surface area (Å²) in [5, 5.41) is 13.2. The van der Waals surface area contributed by atoms with E-state index in [-0.39, 0.29) is 29.2 Å². The molecule has 2 N–H and O–H groups in total. The Bertz CT molecular complexity index is 837. The van der Waals surface area contributed by atoms with Gasteiger partial charge in [0.05, 0.1) is 9.82 Å². The SMILES string of the molecule is O=C(NCCNS(=O)(=O)c1ccccc1)c1cccc([N+](=O)[O-])c1. The molecule has 2 rings (SSSR count). The molecule has 1 amide bonds. The molecule has 0 atom stereocenters. The zero-order valence-electron chi connectivity index (χ0n) is 12.5. The highest BCUT2D eigenvalue weighted by Gasteiger charge is 2.13. The third-order valence-corrected chi connectivity index (χ3v) is 4.55. The molecule has 9 heteroatoms. The van der Waals surface area contributed by atoms with Crippen molar-refractivity contribution in [3.8, 4) is 0 Å². The summed E-state index contributed by atoms with van der Waals surface area (Å²) in [6.45, 7) is 0.0471. The number of carbonyl (C=O) groups is 1. The van der Waals surface area contributed by atoms with Crippen molar-refractivity contribution in [3.63, 3.8) is 0 Å². The van der Waals surface area contributed by atoms with Crippen LogP contribution in [0, 0.1) is 10.1 Å². The number of nitrogens with zero attached hydrogens (tertiary/aromatic N) is 1. The van der Waals surface area contributed by atoms with Crippen LogP contribution in [0.4, 0.5) is 5.69 Å². The van der Waals surface area contributed by atoms with Gasteiger partial charge in [0.2, 0.25) is 10.0 Å². The van der Waals surface area contributed by atoms with Gasteiger partial charge in [-0.15, -0.1) is 0 Å². The van der Waals surface area contributed by atoms with Gasteiger partial charge in [0.1, 0.15) is 0 Å². The largest absolute Gasteiger partial charge is 0.351 e. The Balaban J connectivity index is 1.87. The van der Waals surface area contributed by atoms with Crippen LogP contribution in [0.2, 0.25) is 0 Å². The molecule has 24 heavy (non-hydrogen) atoms. The second-order valence-electron chi connectivity index (χ2n) is 4.77. The van der Waals surface area contributed by atoms with Crippen LogP contribution < -0.4 is 10.0 Å². The van der Waals surface area contributed by atoms with Gasteiger partial charge < -0.3 is 5.32 Å². The first-order valence-electron chi connectivity index (χ1n) is 6.97. The maximum atomic E-state index is 12.0. The van der Waals surface area contributed by atoms with Crippen molar-refractivity contribution >= 4 is 21.6 Å². The van der Waals surface area contributed by atoms with Gasteiger partial charge in [-0.1, -0.05) is 24.3 Å². The summed E-state index contributed by atoms with van der Waals surface area (Å²) < 4.78 is 26.3. The number of hydrogen-bond acceptors (Lipinski definition) is 5. The number of amides is 1. The molecule has 0 radical (unpaired) electrons. The van der Waals surface area contributed by atoms with E-state index in [4.69, 9.17) is 0 Å². The number of nitro benzene ring substituents is 1. The maximum Gasteiger partial charge on any atom is 0.270 e. The first-order chi connectivity index (χ1) is 11.4. The summed E-state index contributed by atoms with van der Waals surface area (Å²) in [7, 11) is -3.63. The highest BCUT2D eigenvalue weighted by molar-refractivity contribution is 7.89. The molecule has 0 aliphatic carbocycles. The Hall–Kier alpha value is -2.78.